The molecule has 0 atom stereocenters. The van der Waals surface area contributed by atoms with E-state index >= 15 is 0 Å². The quantitative estimate of drug-likeness (QED) is 0.767. The molecule has 2 rings (SSSR count). The van der Waals surface area contributed by atoms with Gasteiger partial charge >= 0.3 is 0 Å². The number of hydrogen-bond donors (Lipinski definition) is 1. The van der Waals surface area contributed by atoms with Gasteiger partial charge in [0.25, 0.3) is 0 Å². The fourth-order valence-electron chi connectivity index (χ4n) is 1.50. The lowest BCUT2D eigenvalue weighted by Gasteiger charge is -2.05. The standard InChI is InChI=1S/C12H13N3S/c1-7-4-10(6-13-5-7)11-12(16)15-9(3)8(2)14-11/h4-6H,1-3H3,(H,15,16). The average molecular weight is 231 g/mol. The van der Waals surface area contributed by atoms with Gasteiger partial charge in [0.15, 0.2) is 0 Å². The predicted octanol–water partition coefficient (Wildman–Crippen LogP) is 3.13. The van der Waals surface area contributed by atoms with Gasteiger partial charge in [-0.2, -0.15) is 0 Å². The Labute approximate surface area is 99.6 Å². The number of aromatic nitrogens is 3. The minimum atomic E-state index is 0.663. The summed E-state index contributed by atoms with van der Waals surface area (Å²) in [4.78, 5) is 11.8. The summed E-state index contributed by atoms with van der Waals surface area (Å²) in [6.07, 6.45) is 3.60. The molecule has 0 unspecified atom stereocenters. The van der Waals surface area contributed by atoms with Crippen LogP contribution in [0, 0.1) is 25.4 Å². The van der Waals surface area contributed by atoms with Crippen molar-refractivity contribution in [1.29, 1.82) is 0 Å². The monoisotopic (exact) mass is 231 g/mol. The Bertz CT molecular complexity index is 587. The van der Waals surface area contributed by atoms with Crippen molar-refractivity contribution in [3.05, 3.63) is 40.1 Å². The predicted molar refractivity (Wildman–Crippen MR) is 66.9 cm³/mol. The van der Waals surface area contributed by atoms with Crippen molar-refractivity contribution in [3.8, 4) is 11.3 Å². The van der Waals surface area contributed by atoms with Crippen molar-refractivity contribution < 1.29 is 0 Å². The molecule has 0 saturated carbocycles. The molecule has 3 nitrogen and oxygen atoms in total. The maximum atomic E-state index is 5.28. The molecule has 0 spiro atoms. The molecule has 82 valence electrons. The molecule has 0 aliphatic rings. The second-order valence-corrected chi connectivity index (χ2v) is 4.28. The molecule has 0 amide bonds. The van der Waals surface area contributed by atoms with Crippen LogP contribution in [0.3, 0.4) is 0 Å². The van der Waals surface area contributed by atoms with Gasteiger partial charge in [-0.25, -0.2) is 4.98 Å². The highest BCUT2D eigenvalue weighted by atomic mass is 32.1. The molecule has 0 saturated heterocycles. The second-order valence-electron chi connectivity index (χ2n) is 3.88. The topological polar surface area (TPSA) is 41.6 Å². The number of aryl methyl sites for hydroxylation is 3. The minimum absolute atomic E-state index is 0.663. The van der Waals surface area contributed by atoms with Gasteiger partial charge in [0.1, 0.15) is 10.3 Å². The van der Waals surface area contributed by atoms with Gasteiger partial charge in [0.05, 0.1) is 5.69 Å². The van der Waals surface area contributed by atoms with Crippen molar-refractivity contribution in [3.63, 3.8) is 0 Å². The molecule has 4 heteroatoms. The molecule has 0 aromatic carbocycles. The summed E-state index contributed by atoms with van der Waals surface area (Å²) in [5.74, 6) is 0. The van der Waals surface area contributed by atoms with E-state index in [4.69, 9.17) is 12.2 Å². The van der Waals surface area contributed by atoms with Crippen LogP contribution in [0.2, 0.25) is 0 Å². The third-order valence-corrected chi connectivity index (χ3v) is 2.78. The van der Waals surface area contributed by atoms with Crippen LogP contribution >= 0.6 is 12.2 Å². The van der Waals surface area contributed by atoms with Gasteiger partial charge in [-0.3, -0.25) is 4.98 Å². The largest absolute Gasteiger partial charge is 0.347 e. The van der Waals surface area contributed by atoms with Crippen LogP contribution in [0.4, 0.5) is 0 Å². The fraction of sp³-hybridized carbons (Fsp3) is 0.250. The Morgan fingerprint density at radius 2 is 1.94 bits per heavy atom. The van der Waals surface area contributed by atoms with E-state index in [9.17, 15) is 0 Å². The van der Waals surface area contributed by atoms with Crippen LogP contribution in [0.15, 0.2) is 18.5 Å². The number of pyridine rings is 1. The van der Waals surface area contributed by atoms with Crippen LogP contribution in [-0.2, 0) is 0 Å². The average Bonchev–Trinajstić information content (AvgIpc) is 2.23. The normalized spacial score (nSPS) is 10.4. The van der Waals surface area contributed by atoms with Crippen LogP contribution in [0.5, 0.6) is 0 Å². The van der Waals surface area contributed by atoms with Crippen molar-refractivity contribution >= 4 is 12.2 Å². The number of nitrogens with zero attached hydrogens (tertiary/aromatic N) is 2. The Morgan fingerprint density at radius 3 is 2.62 bits per heavy atom. The summed E-state index contributed by atoms with van der Waals surface area (Å²) in [6, 6.07) is 2.04. The number of aromatic amines is 1. The first-order valence-corrected chi connectivity index (χ1v) is 5.48. The maximum Gasteiger partial charge on any atom is 0.130 e. The number of hydrogen-bond acceptors (Lipinski definition) is 3. The summed E-state index contributed by atoms with van der Waals surface area (Å²) in [6.45, 7) is 5.94. The van der Waals surface area contributed by atoms with Gasteiger partial charge in [-0.05, 0) is 32.4 Å². The molecular weight excluding hydrogens is 218 g/mol. The molecule has 0 fully saturated rings. The molecule has 2 aromatic rings. The van der Waals surface area contributed by atoms with E-state index in [1.807, 2.05) is 33.0 Å². The van der Waals surface area contributed by atoms with Gasteiger partial charge < -0.3 is 4.98 Å². The summed E-state index contributed by atoms with van der Waals surface area (Å²) in [5, 5.41) is 0. The SMILES string of the molecule is Cc1cncc(-c2nc(C)c(C)[nH]c2=S)c1. The first-order valence-electron chi connectivity index (χ1n) is 5.07. The van der Waals surface area contributed by atoms with Gasteiger partial charge in [0.2, 0.25) is 0 Å². The Hall–Kier alpha value is -1.55. The molecule has 0 bridgehead atoms. The number of rotatable bonds is 1. The molecular formula is C12H13N3S. The first kappa shape index (κ1) is 11.0. The number of nitrogens with one attached hydrogen (secondary N) is 1. The first-order chi connectivity index (χ1) is 7.58. The van der Waals surface area contributed by atoms with Crippen LogP contribution < -0.4 is 0 Å². The Balaban J connectivity index is 2.65. The zero-order valence-electron chi connectivity index (χ0n) is 9.53. The van der Waals surface area contributed by atoms with Crippen LogP contribution in [0.1, 0.15) is 17.0 Å². The second kappa shape index (κ2) is 4.14. The smallest absolute Gasteiger partial charge is 0.130 e. The lowest BCUT2D eigenvalue weighted by molar-refractivity contribution is 1.04. The molecule has 1 N–H and O–H groups in total. The molecule has 0 aliphatic heterocycles. The summed E-state index contributed by atoms with van der Waals surface area (Å²) >= 11 is 5.28. The lowest BCUT2D eigenvalue weighted by atomic mass is 10.1. The molecule has 2 heterocycles. The van der Waals surface area contributed by atoms with Crippen LogP contribution in [0.25, 0.3) is 11.3 Å². The maximum absolute atomic E-state index is 5.28. The van der Waals surface area contributed by atoms with Crippen molar-refractivity contribution in [1.82, 2.24) is 15.0 Å². The van der Waals surface area contributed by atoms with Crippen LogP contribution in [-0.4, -0.2) is 15.0 Å². The third kappa shape index (κ3) is 2.02. The van der Waals surface area contributed by atoms with Gasteiger partial charge in [-0.1, -0.05) is 12.2 Å². The zero-order valence-corrected chi connectivity index (χ0v) is 10.4. The molecule has 16 heavy (non-hydrogen) atoms. The van der Waals surface area contributed by atoms with E-state index in [0.29, 0.717) is 4.64 Å². The highest BCUT2D eigenvalue weighted by Gasteiger charge is 2.05. The summed E-state index contributed by atoms with van der Waals surface area (Å²) in [5.41, 5.74) is 4.84. The van der Waals surface area contributed by atoms with Gasteiger partial charge in [-0.15, -0.1) is 0 Å². The van der Waals surface area contributed by atoms with E-state index in [1.165, 1.54) is 0 Å². The number of H-pyrrole nitrogens is 1. The highest BCUT2D eigenvalue weighted by Crippen LogP contribution is 2.18. The van der Waals surface area contributed by atoms with E-state index in [2.05, 4.69) is 15.0 Å². The zero-order chi connectivity index (χ0) is 11.7. The third-order valence-electron chi connectivity index (χ3n) is 2.49. The Kier molecular flexibility index (Phi) is 2.83. The Morgan fingerprint density at radius 1 is 1.19 bits per heavy atom. The minimum Gasteiger partial charge on any atom is -0.347 e. The van der Waals surface area contributed by atoms with Crippen molar-refractivity contribution in [2.75, 3.05) is 0 Å². The summed E-state index contributed by atoms with van der Waals surface area (Å²) in [7, 11) is 0. The lowest BCUT2D eigenvalue weighted by Crippen LogP contribution is -1.96. The van der Waals surface area contributed by atoms with E-state index < -0.39 is 0 Å². The van der Waals surface area contributed by atoms with Gasteiger partial charge in [0, 0.05) is 23.7 Å². The molecule has 2 aromatic heterocycles. The molecule has 0 radical (unpaired) electrons. The summed E-state index contributed by atoms with van der Waals surface area (Å²) < 4.78 is 0.663. The highest BCUT2D eigenvalue weighted by molar-refractivity contribution is 7.71. The van der Waals surface area contributed by atoms with E-state index in [0.717, 1.165) is 28.2 Å². The van der Waals surface area contributed by atoms with E-state index in [-0.39, 0.29) is 0 Å². The van der Waals surface area contributed by atoms with E-state index in [1.54, 1.807) is 6.20 Å². The molecule has 0 aliphatic carbocycles. The fourth-order valence-corrected chi connectivity index (χ4v) is 1.82. The van der Waals surface area contributed by atoms with Crippen molar-refractivity contribution in [2.45, 2.75) is 20.8 Å². The van der Waals surface area contributed by atoms with Crippen molar-refractivity contribution in [2.24, 2.45) is 0 Å².